The molecule has 1 fully saturated rings. The van der Waals surface area contributed by atoms with Crippen LogP contribution in [0.3, 0.4) is 0 Å². The molecule has 242 valence electrons. The Hall–Kier alpha value is -3.07. The van der Waals surface area contributed by atoms with Crippen molar-refractivity contribution in [2.45, 2.75) is 83.8 Å². The molecule has 2 amide bonds. The van der Waals surface area contributed by atoms with Gasteiger partial charge in [-0.3, -0.25) is 13.9 Å². The molecule has 0 bridgehead atoms. The molecule has 0 aromatic heterocycles. The number of nitrogens with zero attached hydrogens (tertiary/aromatic N) is 2. The second-order valence-electron chi connectivity index (χ2n) is 11.9. The summed E-state index contributed by atoms with van der Waals surface area (Å²) in [5.74, 6) is -0.490. The van der Waals surface area contributed by atoms with E-state index in [-0.39, 0.29) is 43.8 Å². The first-order valence-corrected chi connectivity index (χ1v) is 18.2. The summed E-state index contributed by atoms with van der Waals surface area (Å²) >= 11 is 13.1. The molecule has 0 saturated heterocycles. The van der Waals surface area contributed by atoms with Crippen LogP contribution in [0.5, 0.6) is 0 Å². The lowest BCUT2D eigenvalue weighted by Gasteiger charge is -2.34. The number of carbonyl (C=O) groups excluding carboxylic acids is 2. The fraction of sp³-hybridized carbons (Fsp3) is 0.429. The number of hydrogen-bond acceptors (Lipinski definition) is 4. The minimum absolute atomic E-state index is 0.0287. The van der Waals surface area contributed by atoms with Gasteiger partial charge in [0.1, 0.15) is 6.04 Å². The second-order valence-corrected chi connectivity index (χ2v) is 14.6. The van der Waals surface area contributed by atoms with Crippen molar-refractivity contribution in [3.63, 3.8) is 0 Å². The quantitative estimate of drug-likeness (QED) is 0.207. The standard InChI is InChI=1S/C35H43Cl2N3O4S/c1-25-13-10-20-32(26(25)2)40(45(3,43)44)22-12-21-34(41)39(24-29-30(36)18-11-19-31(29)37)33(23-27-14-6-4-7-15-27)35(42)38-28-16-8-5-9-17-28/h4,6-7,10-11,13-15,18-20,28,33H,5,8-9,12,16-17,21-24H2,1-3H3,(H,38,42)/t33-/m0/s1. The van der Waals surface area contributed by atoms with Crippen molar-refractivity contribution in [2.24, 2.45) is 0 Å². The normalized spacial score (nSPS) is 14.5. The maximum Gasteiger partial charge on any atom is 0.243 e. The molecule has 45 heavy (non-hydrogen) atoms. The molecule has 4 rings (SSSR count). The number of sulfonamides is 1. The summed E-state index contributed by atoms with van der Waals surface area (Å²) in [6.45, 7) is 3.99. The van der Waals surface area contributed by atoms with Gasteiger partial charge in [0.25, 0.3) is 0 Å². The van der Waals surface area contributed by atoms with Crippen molar-refractivity contribution < 1.29 is 18.0 Å². The Balaban J connectivity index is 1.64. The van der Waals surface area contributed by atoms with Crippen LogP contribution >= 0.6 is 23.2 Å². The highest BCUT2D eigenvalue weighted by atomic mass is 35.5. The van der Waals surface area contributed by atoms with Crippen molar-refractivity contribution >= 4 is 50.7 Å². The molecule has 0 heterocycles. The third-order valence-electron chi connectivity index (χ3n) is 8.61. The molecule has 1 aliphatic rings. The molecule has 3 aromatic rings. The van der Waals surface area contributed by atoms with E-state index < -0.39 is 16.1 Å². The number of aryl methyl sites for hydroxylation is 1. The molecule has 1 atom stereocenters. The van der Waals surface area contributed by atoms with E-state index in [1.165, 1.54) is 10.6 Å². The fourth-order valence-electron chi connectivity index (χ4n) is 5.94. The van der Waals surface area contributed by atoms with Crippen LogP contribution in [0.25, 0.3) is 0 Å². The predicted octanol–water partition coefficient (Wildman–Crippen LogP) is 7.25. The van der Waals surface area contributed by atoms with E-state index in [0.717, 1.165) is 48.8 Å². The van der Waals surface area contributed by atoms with Crippen LogP contribution < -0.4 is 9.62 Å². The van der Waals surface area contributed by atoms with Crippen molar-refractivity contribution in [3.8, 4) is 0 Å². The van der Waals surface area contributed by atoms with Gasteiger partial charge in [0.2, 0.25) is 21.8 Å². The first kappa shape index (κ1) is 34.8. The van der Waals surface area contributed by atoms with Crippen molar-refractivity contribution in [2.75, 3.05) is 17.1 Å². The number of anilines is 1. The van der Waals surface area contributed by atoms with Gasteiger partial charge in [-0.1, -0.05) is 91.0 Å². The van der Waals surface area contributed by atoms with E-state index in [1.54, 1.807) is 29.2 Å². The van der Waals surface area contributed by atoms with Crippen LogP contribution in [0.4, 0.5) is 5.69 Å². The molecule has 10 heteroatoms. The number of hydrogen-bond donors (Lipinski definition) is 1. The lowest BCUT2D eigenvalue weighted by atomic mass is 9.94. The van der Waals surface area contributed by atoms with Gasteiger partial charge in [-0.05, 0) is 68.0 Å². The fourth-order valence-corrected chi connectivity index (χ4v) is 7.47. The Morgan fingerprint density at radius 2 is 1.56 bits per heavy atom. The van der Waals surface area contributed by atoms with E-state index in [2.05, 4.69) is 5.32 Å². The molecule has 0 spiro atoms. The highest BCUT2D eigenvalue weighted by Crippen LogP contribution is 2.29. The monoisotopic (exact) mass is 671 g/mol. The van der Waals surface area contributed by atoms with E-state index in [1.807, 2.05) is 56.3 Å². The maximum atomic E-state index is 14.2. The second kappa shape index (κ2) is 16.0. The summed E-state index contributed by atoms with van der Waals surface area (Å²) in [4.78, 5) is 29.8. The molecule has 1 aliphatic carbocycles. The largest absolute Gasteiger partial charge is 0.352 e. The molecule has 0 aliphatic heterocycles. The maximum absolute atomic E-state index is 14.2. The van der Waals surface area contributed by atoms with Gasteiger partial charge in [0.15, 0.2) is 0 Å². The first-order chi connectivity index (χ1) is 21.5. The van der Waals surface area contributed by atoms with Gasteiger partial charge in [-0.2, -0.15) is 0 Å². The Kier molecular flexibility index (Phi) is 12.3. The highest BCUT2D eigenvalue weighted by Gasteiger charge is 2.33. The van der Waals surface area contributed by atoms with E-state index in [4.69, 9.17) is 23.2 Å². The lowest BCUT2D eigenvalue weighted by molar-refractivity contribution is -0.141. The van der Waals surface area contributed by atoms with E-state index >= 15 is 0 Å². The zero-order valence-corrected chi connectivity index (χ0v) is 28.6. The lowest BCUT2D eigenvalue weighted by Crippen LogP contribution is -2.53. The van der Waals surface area contributed by atoms with Gasteiger partial charge < -0.3 is 10.2 Å². The van der Waals surface area contributed by atoms with Gasteiger partial charge in [0.05, 0.1) is 11.9 Å². The molecule has 1 N–H and O–H groups in total. The van der Waals surface area contributed by atoms with Crippen LogP contribution in [0.1, 0.15) is 67.2 Å². The first-order valence-electron chi connectivity index (χ1n) is 15.6. The Labute approximate surface area is 278 Å². The van der Waals surface area contributed by atoms with Crippen molar-refractivity contribution in [1.82, 2.24) is 10.2 Å². The van der Waals surface area contributed by atoms with Gasteiger partial charge in [-0.25, -0.2) is 8.42 Å². The summed E-state index contributed by atoms with van der Waals surface area (Å²) in [6, 6.07) is 19.6. The van der Waals surface area contributed by atoms with Crippen molar-refractivity contribution in [1.29, 1.82) is 0 Å². The zero-order valence-electron chi connectivity index (χ0n) is 26.3. The van der Waals surface area contributed by atoms with Crippen LogP contribution in [-0.2, 0) is 32.6 Å². The Morgan fingerprint density at radius 3 is 2.20 bits per heavy atom. The van der Waals surface area contributed by atoms with Crippen LogP contribution in [0.2, 0.25) is 10.0 Å². The molecular weight excluding hydrogens is 629 g/mol. The highest BCUT2D eigenvalue weighted by molar-refractivity contribution is 7.92. The predicted molar refractivity (Wildman–Crippen MR) is 183 cm³/mol. The average Bonchev–Trinajstić information content (AvgIpc) is 3.00. The van der Waals surface area contributed by atoms with E-state index in [0.29, 0.717) is 27.7 Å². The summed E-state index contributed by atoms with van der Waals surface area (Å²) in [7, 11) is -3.61. The minimum Gasteiger partial charge on any atom is -0.352 e. The molecule has 0 unspecified atom stereocenters. The molecule has 7 nitrogen and oxygen atoms in total. The number of amides is 2. The summed E-state index contributed by atoms with van der Waals surface area (Å²) < 4.78 is 27.1. The molecule has 3 aromatic carbocycles. The van der Waals surface area contributed by atoms with Gasteiger partial charge in [-0.15, -0.1) is 0 Å². The van der Waals surface area contributed by atoms with Gasteiger partial charge in [0, 0.05) is 47.6 Å². The minimum atomic E-state index is -3.61. The van der Waals surface area contributed by atoms with Crippen molar-refractivity contribution in [3.05, 3.63) is 99.0 Å². The third kappa shape index (κ3) is 9.47. The van der Waals surface area contributed by atoms with Crippen LogP contribution in [-0.4, -0.2) is 50.0 Å². The summed E-state index contributed by atoms with van der Waals surface area (Å²) in [6.07, 6.45) is 6.87. The van der Waals surface area contributed by atoms with Gasteiger partial charge >= 0.3 is 0 Å². The van der Waals surface area contributed by atoms with Crippen LogP contribution in [0, 0.1) is 13.8 Å². The molecule has 0 radical (unpaired) electrons. The number of nitrogens with one attached hydrogen (secondary N) is 1. The summed E-state index contributed by atoms with van der Waals surface area (Å²) in [5.41, 5.74) is 3.92. The van der Waals surface area contributed by atoms with Crippen LogP contribution in [0.15, 0.2) is 66.7 Å². The summed E-state index contributed by atoms with van der Waals surface area (Å²) in [5, 5.41) is 4.04. The Morgan fingerprint density at radius 1 is 0.911 bits per heavy atom. The Bertz CT molecular complexity index is 1560. The van der Waals surface area contributed by atoms with E-state index in [9.17, 15) is 18.0 Å². The number of carbonyl (C=O) groups is 2. The SMILES string of the molecule is Cc1cccc(N(CCCC(=O)N(Cc2c(Cl)cccc2Cl)[C@@H](Cc2ccccc2)C(=O)NC2CCCCC2)S(C)(=O)=O)c1C. The average molecular weight is 673 g/mol. The number of benzene rings is 3. The molecule has 1 saturated carbocycles. The topological polar surface area (TPSA) is 86.8 Å². The molecular formula is C35H43Cl2N3O4S. The number of halogens is 2. The zero-order chi connectivity index (χ0) is 32.6. The third-order valence-corrected chi connectivity index (χ3v) is 10.5. The number of rotatable bonds is 13. The smallest absolute Gasteiger partial charge is 0.243 e.